The molecule has 0 aliphatic heterocycles. The van der Waals surface area contributed by atoms with Gasteiger partial charge in [0.1, 0.15) is 17.4 Å². The van der Waals surface area contributed by atoms with Gasteiger partial charge in [-0.25, -0.2) is 4.79 Å². The molecule has 0 atom stereocenters. The maximum atomic E-state index is 12.0. The maximum Gasteiger partial charge on any atom is 0.349 e. The molecule has 6 nitrogen and oxygen atoms in total. The summed E-state index contributed by atoms with van der Waals surface area (Å²) in [5, 5.41) is 9.14. The Morgan fingerprint density at radius 2 is 1.80 bits per heavy atom. The number of rotatable bonds is 9. The molecule has 0 radical (unpaired) electrons. The number of nitrogens with zero attached hydrogens (tertiary/aromatic N) is 2. The van der Waals surface area contributed by atoms with Crippen LogP contribution in [-0.4, -0.2) is 43.6 Å². The standard InChI is InChI=1S/C19H20N2O4/c1-4-10-21(11-5-2)18(22)14-25-19(23)16(13-20)12-15-6-8-17(24-3)9-7-15/h4-9,12H,1-2,10-11,14H2,3H3/b16-12-. The van der Waals surface area contributed by atoms with Gasteiger partial charge in [-0.2, -0.15) is 5.26 Å². The van der Waals surface area contributed by atoms with Crippen LogP contribution in [0.2, 0.25) is 0 Å². The van der Waals surface area contributed by atoms with Crippen LogP contribution in [0.3, 0.4) is 0 Å². The van der Waals surface area contributed by atoms with Gasteiger partial charge in [0.2, 0.25) is 0 Å². The van der Waals surface area contributed by atoms with Crippen LogP contribution >= 0.6 is 0 Å². The molecule has 1 aromatic carbocycles. The largest absolute Gasteiger partial charge is 0.497 e. The van der Waals surface area contributed by atoms with Crippen molar-refractivity contribution in [2.75, 3.05) is 26.8 Å². The van der Waals surface area contributed by atoms with Crippen molar-refractivity contribution < 1.29 is 19.1 Å². The molecule has 1 rings (SSSR count). The van der Waals surface area contributed by atoms with Crippen LogP contribution in [0.1, 0.15) is 5.56 Å². The number of amides is 1. The molecule has 25 heavy (non-hydrogen) atoms. The van der Waals surface area contributed by atoms with Crippen molar-refractivity contribution in [2.24, 2.45) is 0 Å². The van der Waals surface area contributed by atoms with Crippen LogP contribution in [0.5, 0.6) is 5.75 Å². The Bertz CT molecular complexity index is 689. The third kappa shape index (κ3) is 6.36. The first-order valence-corrected chi connectivity index (χ1v) is 7.48. The Labute approximate surface area is 147 Å². The zero-order chi connectivity index (χ0) is 18.7. The van der Waals surface area contributed by atoms with E-state index >= 15 is 0 Å². The molecule has 1 aromatic rings. The minimum Gasteiger partial charge on any atom is -0.497 e. The molecule has 0 saturated heterocycles. The van der Waals surface area contributed by atoms with Gasteiger partial charge in [0.15, 0.2) is 6.61 Å². The molecule has 0 aliphatic carbocycles. The molecule has 0 saturated carbocycles. The van der Waals surface area contributed by atoms with Gasteiger partial charge in [0.25, 0.3) is 5.91 Å². The topological polar surface area (TPSA) is 79.6 Å². The molecule has 0 aromatic heterocycles. The number of esters is 1. The molecule has 0 fully saturated rings. The lowest BCUT2D eigenvalue weighted by atomic mass is 10.1. The van der Waals surface area contributed by atoms with Crippen LogP contribution < -0.4 is 4.74 Å². The summed E-state index contributed by atoms with van der Waals surface area (Å²) in [5.74, 6) is -0.591. The van der Waals surface area contributed by atoms with Gasteiger partial charge in [0, 0.05) is 13.1 Å². The molecule has 1 amide bonds. The van der Waals surface area contributed by atoms with Crippen LogP contribution in [0.25, 0.3) is 6.08 Å². The Kier molecular flexibility index (Phi) is 8.24. The van der Waals surface area contributed by atoms with Gasteiger partial charge in [-0.3, -0.25) is 4.79 Å². The van der Waals surface area contributed by atoms with E-state index in [0.29, 0.717) is 24.4 Å². The number of benzene rings is 1. The van der Waals surface area contributed by atoms with E-state index in [1.807, 2.05) is 0 Å². The normalized spacial score (nSPS) is 10.3. The van der Waals surface area contributed by atoms with Crippen molar-refractivity contribution in [3.8, 4) is 11.8 Å². The first-order chi connectivity index (χ1) is 12.0. The van der Waals surface area contributed by atoms with Crippen LogP contribution in [0, 0.1) is 11.3 Å². The Morgan fingerprint density at radius 3 is 2.28 bits per heavy atom. The minimum atomic E-state index is -0.858. The smallest absolute Gasteiger partial charge is 0.349 e. The summed E-state index contributed by atoms with van der Waals surface area (Å²) in [6, 6.07) is 8.59. The highest BCUT2D eigenvalue weighted by atomic mass is 16.5. The minimum absolute atomic E-state index is 0.197. The molecule has 0 heterocycles. The average Bonchev–Trinajstić information content (AvgIpc) is 2.64. The number of hydrogen-bond acceptors (Lipinski definition) is 5. The predicted octanol–water partition coefficient (Wildman–Crippen LogP) is 2.35. The van der Waals surface area contributed by atoms with E-state index in [-0.39, 0.29) is 5.57 Å². The summed E-state index contributed by atoms with van der Waals surface area (Å²) in [7, 11) is 1.54. The Hall–Kier alpha value is -3.33. The fourth-order valence-corrected chi connectivity index (χ4v) is 1.89. The Morgan fingerprint density at radius 1 is 1.20 bits per heavy atom. The van der Waals surface area contributed by atoms with Gasteiger partial charge < -0.3 is 14.4 Å². The van der Waals surface area contributed by atoms with Crippen LogP contribution in [-0.2, 0) is 14.3 Å². The molecule has 0 bridgehead atoms. The number of nitriles is 1. The number of ether oxygens (including phenoxy) is 2. The van der Waals surface area contributed by atoms with Crippen molar-refractivity contribution in [1.29, 1.82) is 5.26 Å². The molecule has 0 N–H and O–H groups in total. The monoisotopic (exact) mass is 340 g/mol. The first kappa shape index (κ1) is 19.7. The zero-order valence-electron chi connectivity index (χ0n) is 14.1. The van der Waals surface area contributed by atoms with Crippen molar-refractivity contribution in [3.05, 3.63) is 60.7 Å². The van der Waals surface area contributed by atoms with E-state index in [4.69, 9.17) is 14.7 Å². The van der Waals surface area contributed by atoms with Gasteiger partial charge >= 0.3 is 5.97 Å². The van der Waals surface area contributed by atoms with Crippen molar-refractivity contribution in [3.63, 3.8) is 0 Å². The second kappa shape index (κ2) is 10.4. The van der Waals surface area contributed by atoms with Gasteiger partial charge in [0.05, 0.1) is 7.11 Å². The lowest BCUT2D eigenvalue weighted by Gasteiger charge is -2.18. The highest BCUT2D eigenvalue weighted by molar-refractivity contribution is 5.98. The third-order valence-electron chi connectivity index (χ3n) is 3.15. The zero-order valence-corrected chi connectivity index (χ0v) is 14.1. The average molecular weight is 340 g/mol. The fraction of sp³-hybridized carbons (Fsp3) is 0.211. The van der Waals surface area contributed by atoms with E-state index in [0.717, 1.165) is 0 Å². The van der Waals surface area contributed by atoms with E-state index in [1.54, 1.807) is 49.6 Å². The predicted molar refractivity (Wildman–Crippen MR) is 94.5 cm³/mol. The maximum absolute atomic E-state index is 12.0. The third-order valence-corrected chi connectivity index (χ3v) is 3.15. The lowest BCUT2D eigenvalue weighted by molar-refractivity contribution is -0.148. The summed E-state index contributed by atoms with van der Waals surface area (Å²) in [6.45, 7) is 7.30. The summed E-state index contributed by atoms with van der Waals surface area (Å²) in [4.78, 5) is 25.4. The van der Waals surface area contributed by atoms with E-state index in [2.05, 4.69) is 13.2 Å². The van der Waals surface area contributed by atoms with Crippen molar-refractivity contribution in [1.82, 2.24) is 4.90 Å². The molecular weight excluding hydrogens is 320 g/mol. The quantitative estimate of drug-likeness (QED) is 0.298. The molecule has 0 spiro atoms. The lowest BCUT2D eigenvalue weighted by Crippen LogP contribution is -2.35. The number of carbonyl (C=O) groups excluding carboxylic acids is 2. The number of methoxy groups -OCH3 is 1. The fourth-order valence-electron chi connectivity index (χ4n) is 1.89. The van der Waals surface area contributed by atoms with E-state index in [9.17, 15) is 9.59 Å². The van der Waals surface area contributed by atoms with E-state index < -0.39 is 18.5 Å². The first-order valence-electron chi connectivity index (χ1n) is 7.48. The molecule has 6 heteroatoms. The van der Waals surface area contributed by atoms with Gasteiger partial charge in [-0.15, -0.1) is 13.2 Å². The van der Waals surface area contributed by atoms with Crippen LogP contribution in [0.4, 0.5) is 0 Å². The SMILES string of the molecule is C=CCN(CC=C)C(=O)COC(=O)/C(C#N)=C\c1ccc(OC)cc1. The van der Waals surface area contributed by atoms with Crippen molar-refractivity contribution in [2.45, 2.75) is 0 Å². The molecule has 0 unspecified atom stereocenters. The number of carbonyl (C=O) groups is 2. The van der Waals surface area contributed by atoms with Crippen LogP contribution in [0.15, 0.2) is 55.1 Å². The van der Waals surface area contributed by atoms with E-state index in [1.165, 1.54) is 11.0 Å². The highest BCUT2D eigenvalue weighted by Gasteiger charge is 2.16. The highest BCUT2D eigenvalue weighted by Crippen LogP contribution is 2.14. The second-order valence-electron chi connectivity index (χ2n) is 4.90. The molecule has 130 valence electrons. The van der Waals surface area contributed by atoms with Crippen molar-refractivity contribution >= 4 is 18.0 Å². The van der Waals surface area contributed by atoms with Gasteiger partial charge in [-0.05, 0) is 23.8 Å². The number of hydrogen-bond donors (Lipinski definition) is 0. The van der Waals surface area contributed by atoms with Gasteiger partial charge in [-0.1, -0.05) is 24.3 Å². The summed E-state index contributed by atoms with van der Waals surface area (Å²) >= 11 is 0. The Balaban J connectivity index is 2.73. The summed E-state index contributed by atoms with van der Waals surface area (Å²) < 4.78 is 9.97. The second-order valence-corrected chi connectivity index (χ2v) is 4.90. The molecule has 0 aliphatic rings. The summed E-state index contributed by atoms with van der Waals surface area (Å²) in [6.07, 6.45) is 4.51. The molecular formula is C19H20N2O4. The summed E-state index contributed by atoms with van der Waals surface area (Å²) in [5.41, 5.74) is 0.442.